The third kappa shape index (κ3) is 3.00. The maximum atomic E-state index is 4.23. The number of aromatic nitrogens is 1. The van der Waals surface area contributed by atoms with Crippen molar-refractivity contribution in [2.75, 3.05) is 0 Å². The Balaban J connectivity index is 0.000000845. The van der Waals surface area contributed by atoms with Crippen molar-refractivity contribution in [1.29, 1.82) is 0 Å². The van der Waals surface area contributed by atoms with Gasteiger partial charge in [0.05, 0.1) is 0 Å². The third-order valence-corrected chi connectivity index (χ3v) is 1.67. The van der Waals surface area contributed by atoms with Crippen LogP contribution in [0.15, 0.2) is 48.7 Å². The molecule has 1 aromatic heterocycles. The van der Waals surface area contributed by atoms with Crippen LogP contribution in [0.3, 0.4) is 0 Å². The number of hydrogen-bond donors (Lipinski definition) is 0. The van der Waals surface area contributed by atoms with Gasteiger partial charge in [-0.3, -0.25) is 4.98 Å². The zero-order valence-electron chi connectivity index (χ0n) is 7.57. The first-order chi connectivity index (χ1) is 5.97. The van der Waals surface area contributed by atoms with Crippen LogP contribution < -0.4 is 51.4 Å². The largest absolute Gasteiger partial charge is 1.00 e. The van der Waals surface area contributed by atoms with E-state index in [-0.39, 0.29) is 51.4 Å². The summed E-state index contributed by atoms with van der Waals surface area (Å²) in [7, 11) is 0. The Morgan fingerprint density at radius 2 is 2.00 bits per heavy atom. The molecule has 0 N–H and O–H groups in total. The maximum Gasteiger partial charge on any atom is 1.00 e. The van der Waals surface area contributed by atoms with E-state index in [1.807, 2.05) is 42.5 Å². The first-order valence-electron chi connectivity index (χ1n) is 3.84. The molecule has 58 valence electrons. The molecule has 0 unspecified atom stereocenters. The molecule has 1 aromatic carbocycles. The molecule has 0 amide bonds. The summed E-state index contributed by atoms with van der Waals surface area (Å²) in [5.41, 5.74) is 2.10. The van der Waals surface area contributed by atoms with E-state index in [0.717, 1.165) is 11.3 Å². The molecule has 0 fully saturated rings. The van der Waals surface area contributed by atoms with Crippen LogP contribution in [-0.2, 0) is 0 Å². The fraction of sp³-hybridized carbons (Fsp3) is 0. The van der Waals surface area contributed by atoms with Crippen LogP contribution >= 0.6 is 0 Å². The third-order valence-electron chi connectivity index (χ3n) is 1.67. The Kier molecular flexibility index (Phi) is 4.84. The van der Waals surface area contributed by atoms with Crippen LogP contribution in [0.1, 0.15) is 0 Å². The topological polar surface area (TPSA) is 12.9 Å². The Labute approximate surface area is 121 Å². The summed E-state index contributed by atoms with van der Waals surface area (Å²) >= 11 is 0. The molecule has 0 saturated carbocycles. The van der Waals surface area contributed by atoms with E-state index in [2.05, 4.69) is 11.1 Å². The van der Waals surface area contributed by atoms with Crippen LogP contribution in [0.5, 0.6) is 0 Å². The summed E-state index contributed by atoms with van der Waals surface area (Å²) in [6.07, 6.45) is 1.79. The summed E-state index contributed by atoms with van der Waals surface area (Å²) in [6.45, 7) is 0. The van der Waals surface area contributed by atoms with Gasteiger partial charge in [0.25, 0.3) is 0 Å². The minimum atomic E-state index is 0. The van der Waals surface area contributed by atoms with Crippen molar-refractivity contribution in [1.82, 2.24) is 4.98 Å². The van der Waals surface area contributed by atoms with Gasteiger partial charge in [0.2, 0.25) is 0 Å². The smallest absolute Gasteiger partial charge is 0.270 e. The van der Waals surface area contributed by atoms with Crippen LogP contribution in [0.25, 0.3) is 11.3 Å². The second-order valence-electron chi connectivity index (χ2n) is 2.51. The van der Waals surface area contributed by atoms with Crippen molar-refractivity contribution in [2.45, 2.75) is 0 Å². The van der Waals surface area contributed by atoms with Gasteiger partial charge in [-0.25, -0.2) is 0 Å². The quantitative estimate of drug-likeness (QED) is 0.442. The Hall–Kier alpha value is 0.00636. The standard InChI is InChI=1S/C11H8N.K/c1-2-6-10(7-3-1)11-8-4-5-9-12-11;/h1-2,4-9H;/q-1;+1. The number of nitrogens with zero attached hydrogens (tertiary/aromatic N) is 1. The molecule has 2 heteroatoms. The van der Waals surface area contributed by atoms with Gasteiger partial charge in [-0.2, -0.15) is 30.3 Å². The van der Waals surface area contributed by atoms with Crippen LogP contribution in [-0.4, -0.2) is 4.98 Å². The summed E-state index contributed by atoms with van der Waals surface area (Å²) in [4.78, 5) is 4.23. The van der Waals surface area contributed by atoms with Gasteiger partial charge in [0.15, 0.2) is 0 Å². The van der Waals surface area contributed by atoms with Gasteiger partial charge in [0, 0.05) is 11.9 Å². The van der Waals surface area contributed by atoms with Crippen LogP contribution in [0.4, 0.5) is 0 Å². The second-order valence-corrected chi connectivity index (χ2v) is 2.51. The minimum absolute atomic E-state index is 0. The number of rotatable bonds is 1. The molecule has 0 atom stereocenters. The molecule has 1 nitrogen and oxygen atoms in total. The van der Waals surface area contributed by atoms with Crippen LogP contribution in [0.2, 0.25) is 0 Å². The Morgan fingerprint density at radius 3 is 2.62 bits per heavy atom. The molecule has 0 aliphatic heterocycles. The molecule has 0 aliphatic carbocycles. The number of hydrogen-bond acceptors (Lipinski definition) is 1. The van der Waals surface area contributed by atoms with Gasteiger partial charge in [-0.15, -0.1) is 5.56 Å². The molecule has 0 saturated heterocycles. The molecule has 2 rings (SSSR count). The molecule has 2 aromatic rings. The first kappa shape index (κ1) is 11.1. The van der Waals surface area contributed by atoms with E-state index in [0.29, 0.717) is 0 Å². The molecule has 0 bridgehead atoms. The van der Waals surface area contributed by atoms with Gasteiger partial charge in [0.1, 0.15) is 0 Å². The van der Waals surface area contributed by atoms with E-state index in [9.17, 15) is 0 Å². The molecule has 13 heavy (non-hydrogen) atoms. The molecular weight excluding hydrogens is 185 g/mol. The number of benzene rings is 1. The zero-order valence-corrected chi connectivity index (χ0v) is 10.7. The summed E-state index contributed by atoms with van der Waals surface area (Å²) in [6, 6.07) is 16.7. The van der Waals surface area contributed by atoms with E-state index in [1.165, 1.54) is 0 Å². The zero-order chi connectivity index (χ0) is 8.23. The molecular formula is C11H8KN. The summed E-state index contributed by atoms with van der Waals surface area (Å²) in [5.74, 6) is 0. The molecule has 0 aliphatic rings. The Morgan fingerprint density at radius 1 is 1.08 bits per heavy atom. The van der Waals surface area contributed by atoms with Gasteiger partial charge in [-0.1, -0.05) is 6.07 Å². The van der Waals surface area contributed by atoms with E-state index >= 15 is 0 Å². The average molecular weight is 193 g/mol. The van der Waals surface area contributed by atoms with Gasteiger partial charge < -0.3 is 0 Å². The van der Waals surface area contributed by atoms with E-state index in [4.69, 9.17) is 0 Å². The van der Waals surface area contributed by atoms with Crippen molar-refractivity contribution >= 4 is 0 Å². The maximum absolute atomic E-state index is 4.23. The van der Waals surface area contributed by atoms with E-state index < -0.39 is 0 Å². The van der Waals surface area contributed by atoms with Crippen molar-refractivity contribution in [3.05, 3.63) is 54.7 Å². The average Bonchev–Trinajstić information content (AvgIpc) is 2.21. The van der Waals surface area contributed by atoms with Crippen molar-refractivity contribution in [3.63, 3.8) is 0 Å². The number of pyridine rings is 1. The first-order valence-corrected chi connectivity index (χ1v) is 3.84. The minimum Gasteiger partial charge on any atom is -0.270 e. The molecule has 0 spiro atoms. The van der Waals surface area contributed by atoms with Crippen LogP contribution in [0, 0.1) is 6.07 Å². The summed E-state index contributed by atoms with van der Waals surface area (Å²) in [5, 5.41) is 0. The summed E-state index contributed by atoms with van der Waals surface area (Å²) < 4.78 is 0. The van der Waals surface area contributed by atoms with Gasteiger partial charge >= 0.3 is 51.4 Å². The molecule has 1 heterocycles. The predicted octanol–water partition coefficient (Wildman–Crippen LogP) is -0.447. The fourth-order valence-electron chi connectivity index (χ4n) is 1.09. The van der Waals surface area contributed by atoms with E-state index in [1.54, 1.807) is 6.20 Å². The fourth-order valence-corrected chi connectivity index (χ4v) is 1.09. The van der Waals surface area contributed by atoms with Crippen molar-refractivity contribution in [3.8, 4) is 11.3 Å². The second kappa shape index (κ2) is 5.68. The van der Waals surface area contributed by atoms with Crippen molar-refractivity contribution < 1.29 is 51.4 Å². The Bertz CT molecular complexity index is 307. The normalized spacial score (nSPS) is 8.92. The van der Waals surface area contributed by atoms with Gasteiger partial charge in [-0.05, 0) is 12.1 Å². The molecule has 0 radical (unpaired) electrons. The monoisotopic (exact) mass is 193 g/mol. The van der Waals surface area contributed by atoms with Crippen molar-refractivity contribution in [2.24, 2.45) is 0 Å². The predicted molar refractivity (Wildman–Crippen MR) is 48.5 cm³/mol. The SMILES string of the molecule is [K+].[c-]1cccc(-c2ccccn2)c1.